The second-order valence-electron chi connectivity index (χ2n) is 6.75. The Balaban J connectivity index is 1.68. The topological polar surface area (TPSA) is 58.2 Å². The average molecular weight is 372 g/mol. The van der Waals surface area contributed by atoms with Crippen molar-refractivity contribution in [3.63, 3.8) is 0 Å². The van der Waals surface area contributed by atoms with Gasteiger partial charge in [0, 0.05) is 22.5 Å². The van der Waals surface area contributed by atoms with Gasteiger partial charge in [-0.05, 0) is 60.4 Å². The Morgan fingerprint density at radius 3 is 2.00 bits per heavy atom. The maximum atomic E-state index is 12.6. The minimum atomic E-state index is -0.180. The van der Waals surface area contributed by atoms with Crippen LogP contribution in [0.4, 0.5) is 11.4 Å². The van der Waals surface area contributed by atoms with Gasteiger partial charge in [-0.3, -0.25) is 9.59 Å². The van der Waals surface area contributed by atoms with Crippen LogP contribution in [-0.2, 0) is 0 Å². The summed E-state index contributed by atoms with van der Waals surface area (Å²) in [5.74, 6) is 0.0176. The molecule has 0 aromatic heterocycles. The van der Waals surface area contributed by atoms with Gasteiger partial charge in [-0.1, -0.05) is 50.2 Å². The summed E-state index contributed by atoms with van der Waals surface area (Å²) in [5.41, 5.74) is 3.74. The van der Waals surface area contributed by atoms with Gasteiger partial charge in [0.05, 0.1) is 0 Å². The van der Waals surface area contributed by atoms with Gasteiger partial charge >= 0.3 is 0 Å². The van der Waals surface area contributed by atoms with Crippen LogP contribution in [0.25, 0.3) is 0 Å². The van der Waals surface area contributed by atoms with E-state index in [9.17, 15) is 9.59 Å². The molecule has 4 heteroatoms. The molecular weight excluding hydrogens is 348 g/mol. The molecule has 3 rings (SSSR count). The van der Waals surface area contributed by atoms with Crippen molar-refractivity contribution < 1.29 is 9.59 Å². The number of carbonyl (C=O) groups is 2. The molecule has 0 aliphatic rings. The van der Waals surface area contributed by atoms with Crippen LogP contribution in [0.5, 0.6) is 0 Å². The highest BCUT2D eigenvalue weighted by molar-refractivity contribution is 6.06. The molecule has 0 aliphatic carbocycles. The Bertz CT molecular complexity index is 950. The Labute approximate surface area is 165 Å². The van der Waals surface area contributed by atoms with Crippen LogP contribution >= 0.6 is 0 Å². The summed E-state index contributed by atoms with van der Waals surface area (Å²) in [6, 6.07) is 23.8. The Morgan fingerprint density at radius 2 is 1.32 bits per heavy atom. The van der Waals surface area contributed by atoms with Crippen LogP contribution in [-0.4, -0.2) is 11.8 Å². The molecule has 3 aromatic carbocycles. The van der Waals surface area contributed by atoms with Crippen LogP contribution in [0, 0.1) is 0 Å². The van der Waals surface area contributed by atoms with Crippen molar-refractivity contribution in [1.82, 2.24) is 0 Å². The normalized spacial score (nSPS) is 11.5. The highest BCUT2D eigenvalue weighted by Crippen LogP contribution is 2.27. The molecule has 4 nitrogen and oxygen atoms in total. The Kier molecular flexibility index (Phi) is 6.22. The van der Waals surface area contributed by atoms with E-state index in [1.807, 2.05) is 42.5 Å². The average Bonchev–Trinajstić information content (AvgIpc) is 2.74. The molecule has 2 amide bonds. The number of para-hydroxylation sites is 1. The summed E-state index contributed by atoms with van der Waals surface area (Å²) in [7, 11) is 0. The molecule has 0 bridgehead atoms. The largest absolute Gasteiger partial charge is 0.322 e. The molecule has 0 spiro atoms. The van der Waals surface area contributed by atoms with Crippen molar-refractivity contribution in [2.45, 2.75) is 26.2 Å². The maximum Gasteiger partial charge on any atom is 0.255 e. The van der Waals surface area contributed by atoms with Crippen LogP contribution in [0.2, 0.25) is 0 Å². The number of amides is 2. The number of anilines is 2. The lowest BCUT2D eigenvalue weighted by Crippen LogP contribution is -2.15. The number of hydrogen-bond donors (Lipinski definition) is 2. The molecule has 2 N–H and O–H groups in total. The fourth-order valence-corrected chi connectivity index (χ4v) is 2.95. The highest BCUT2D eigenvalue weighted by Gasteiger charge is 2.13. The van der Waals surface area contributed by atoms with Gasteiger partial charge in [0.25, 0.3) is 11.8 Å². The smallest absolute Gasteiger partial charge is 0.255 e. The van der Waals surface area contributed by atoms with E-state index in [0.29, 0.717) is 22.7 Å². The number of hydrogen-bond acceptors (Lipinski definition) is 2. The summed E-state index contributed by atoms with van der Waals surface area (Å²) < 4.78 is 0. The van der Waals surface area contributed by atoms with E-state index in [-0.39, 0.29) is 11.8 Å². The van der Waals surface area contributed by atoms with Crippen molar-refractivity contribution in [2.24, 2.45) is 0 Å². The molecule has 0 fully saturated rings. The van der Waals surface area contributed by atoms with E-state index in [2.05, 4.69) is 24.5 Å². The number of nitrogens with one attached hydrogen (secondary N) is 2. The van der Waals surface area contributed by atoms with Crippen LogP contribution in [0.1, 0.15) is 52.5 Å². The van der Waals surface area contributed by atoms with E-state index in [1.54, 1.807) is 36.4 Å². The first-order chi connectivity index (χ1) is 13.6. The standard InChI is InChI=1S/C24H24N2O2/c1-3-17(2)21-11-7-8-12-22(21)26-24(28)19-13-15-20(16-14-19)25-23(27)18-9-5-4-6-10-18/h4-17H,3H2,1-2H3,(H,25,27)(H,26,28). The number of carbonyl (C=O) groups excluding carboxylic acids is 2. The summed E-state index contributed by atoms with van der Waals surface area (Å²) in [5, 5.41) is 5.84. The molecule has 142 valence electrons. The van der Waals surface area contributed by atoms with Gasteiger partial charge < -0.3 is 10.6 Å². The summed E-state index contributed by atoms with van der Waals surface area (Å²) in [6.07, 6.45) is 1.00. The Morgan fingerprint density at radius 1 is 0.750 bits per heavy atom. The maximum absolute atomic E-state index is 12.6. The molecule has 28 heavy (non-hydrogen) atoms. The van der Waals surface area contributed by atoms with Crippen molar-refractivity contribution in [3.8, 4) is 0 Å². The molecule has 3 aromatic rings. The summed E-state index contributed by atoms with van der Waals surface area (Å²) in [6.45, 7) is 4.28. The predicted molar refractivity (Wildman–Crippen MR) is 114 cm³/mol. The molecule has 1 atom stereocenters. The second-order valence-corrected chi connectivity index (χ2v) is 6.75. The van der Waals surface area contributed by atoms with Crippen molar-refractivity contribution in [1.29, 1.82) is 0 Å². The minimum Gasteiger partial charge on any atom is -0.322 e. The number of rotatable bonds is 6. The monoisotopic (exact) mass is 372 g/mol. The van der Waals surface area contributed by atoms with Crippen LogP contribution in [0.15, 0.2) is 78.9 Å². The van der Waals surface area contributed by atoms with E-state index >= 15 is 0 Å². The lowest BCUT2D eigenvalue weighted by molar-refractivity contribution is 0.102. The third-order valence-corrected chi connectivity index (χ3v) is 4.79. The van der Waals surface area contributed by atoms with Crippen molar-refractivity contribution in [3.05, 3.63) is 95.6 Å². The van der Waals surface area contributed by atoms with Gasteiger partial charge in [-0.15, -0.1) is 0 Å². The Hall–Kier alpha value is -3.40. The van der Waals surface area contributed by atoms with Gasteiger partial charge in [0.1, 0.15) is 0 Å². The van der Waals surface area contributed by atoms with E-state index < -0.39 is 0 Å². The zero-order valence-electron chi connectivity index (χ0n) is 16.1. The number of benzene rings is 3. The van der Waals surface area contributed by atoms with Gasteiger partial charge in [0.15, 0.2) is 0 Å². The lowest BCUT2D eigenvalue weighted by Gasteiger charge is -2.15. The van der Waals surface area contributed by atoms with E-state index in [0.717, 1.165) is 17.7 Å². The lowest BCUT2D eigenvalue weighted by atomic mass is 9.97. The van der Waals surface area contributed by atoms with Gasteiger partial charge in [-0.25, -0.2) is 0 Å². The molecule has 1 unspecified atom stereocenters. The van der Waals surface area contributed by atoms with Crippen LogP contribution in [0.3, 0.4) is 0 Å². The zero-order valence-corrected chi connectivity index (χ0v) is 16.1. The molecule has 0 saturated heterocycles. The third kappa shape index (κ3) is 4.65. The van der Waals surface area contributed by atoms with Gasteiger partial charge in [-0.2, -0.15) is 0 Å². The predicted octanol–water partition coefficient (Wildman–Crippen LogP) is 5.70. The first kappa shape index (κ1) is 19.4. The van der Waals surface area contributed by atoms with Gasteiger partial charge in [0.2, 0.25) is 0 Å². The molecule has 0 saturated carbocycles. The third-order valence-electron chi connectivity index (χ3n) is 4.79. The second kappa shape index (κ2) is 9.00. The highest BCUT2D eigenvalue weighted by atomic mass is 16.2. The first-order valence-electron chi connectivity index (χ1n) is 9.45. The van der Waals surface area contributed by atoms with E-state index in [4.69, 9.17) is 0 Å². The SMILES string of the molecule is CCC(C)c1ccccc1NC(=O)c1ccc(NC(=O)c2ccccc2)cc1. The van der Waals surface area contributed by atoms with Crippen LogP contribution < -0.4 is 10.6 Å². The first-order valence-corrected chi connectivity index (χ1v) is 9.45. The molecular formula is C24H24N2O2. The molecule has 0 radical (unpaired) electrons. The zero-order chi connectivity index (χ0) is 19.9. The van der Waals surface area contributed by atoms with Crippen molar-refractivity contribution >= 4 is 23.2 Å². The quantitative estimate of drug-likeness (QED) is 0.583. The summed E-state index contributed by atoms with van der Waals surface area (Å²) in [4.78, 5) is 24.8. The fourth-order valence-electron chi connectivity index (χ4n) is 2.95. The van der Waals surface area contributed by atoms with Crippen molar-refractivity contribution in [2.75, 3.05) is 10.6 Å². The minimum absolute atomic E-state index is 0.170. The van der Waals surface area contributed by atoms with E-state index in [1.165, 1.54) is 0 Å². The fraction of sp³-hybridized carbons (Fsp3) is 0.167. The molecule has 0 heterocycles. The summed E-state index contributed by atoms with van der Waals surface area (Å²) >= 11 is 0. The molecule has 0 aliphatic heterocycles.